The second kappa shape index (κ2) is 5.61. The minimum Gasteiger partial charge on any atom is -0.349 e. The van der Waals surface area contributed by atoms with Crippen molar-refractivity contribution in [3.8, 4) is 12.3 Å². The summed E-state index contributed by atoms with van der Waals surface area (Å²) in [6.45, 7) is 0.376. The Morgan fingerprint density at radius 1 is 1.53 bits per heavy atom. The average molecular weight is 260 g/mol. The van der Waals surface area contributed by atoms with Gasteiger partial charge in [0.25, 0.3) is 0 Å². The number of nitrogens with zero attached hydrogens (tertiary/aromatic N) is 5. The molecule has 0 bridgehead atoms. The largest absolute Gasteiger partial charge is 0.349 e. The van der Waals surface area contributed by atoms with Crippen LogP contribution in [0.25, 0.3) is 0 Å². The van der Waals surface area contributed by atoms with Gasteiger partial charge in [0.2, 0.25) is 5.91 Å². The van der Waals surface area contributed by atoms with Gasteiger partial charge in [-0.2, -0.15) is 10.2 Å². The summed E-state index contributed by atoms with van der Waals surface area (Å²) >= 11 is 0. The molecule has 0 aliphatic carbocycles. The smallest absolute Gasteiger partial charge is 0.220 e. The molecule has 100 valence electrons. The highest BCUT2D eigenvalue weighted by molar-refractivity contribution is 5.75. The number of rotatable bonds is 7. The van der Waals surface area contributed by atoms with Crippen LogP contribution in [0, 0.1) is 12.3 Å². The van der Waals surface area contributed by atoms with Crippen LogP contribution in [-0.2, 0) is 18.4 Å². The Labute approximate surface area is 111 Å². The van der Waals surface area contributed by atoms with E-state index in [9.17, 15) is 4.79 Å². The fourth-order valence-electron chi connectivity index (χ4n) is 1.71. The van der Waals surface area contributed by atoms with E-state index in [1.165, 1.54) is 0 Å². The van der Waals surface area contributed by atoms with Crippen molar-refractivity contribution >= 4 is 5.91 Å². The Morgan fingerprint density at radius 2 is 2.32 bits per heavy atom. The van der Waals surface area contributed by atoms with E-state index in [2.05, 4.69) is 31.7 Å². The van der Waals surface area contributed by atoms with Crippen LogP contribution in [0.4, 0.5) is 0 Å². The first-order valence-electron chi connectivity index (χ1n) is 6.12. The van der Waals surface area contributed by atoms with Gasteiger partial charge >= 0.3 is 0 Å². The Bertz CT molecular complexity index is 521. The Morgan fingerprint density at radius 3 is 2.89 bits per heavy atom. The molecule has 1 N–H and O–H groups in total. The summed E-state index contributed by atoms with van der Waals surface area (Å²) in [6.07, 6.45) is 9.15. The van der Waals surface area contributed by atoms with Crippen molar-refractivity contribution in [3.63, 3.8) is 0 Å². The number of aromatic nitrogens is 3. The quantitative estimate of drug-likeness (QED) is 0.735. The summed E-state index contributed by atoms with van der Waals surface area (Å²) in [5.41, 5.74) is -0.394. The van der Waals surface area contributed by atoms with Crippen LogP contribution in [-0.4, -0.2) is 26.3 Å². The third-order valence-electron chi connectivity index (χ3n) is 3.05. The normalized spacial score (nSPS) is 14.9. The lowest BCUT2D eigenvalue weighted by molar-refractivity contribution is -0.121. The van der Waals surface area contributed by atoms with Crippen molar-refractivity contribution in [3.05, 3.63) is 12.2 Å². The second-order valence-electron chi connectivity index (χ2n) is 4.52. The first kappa shape index (κ1) is 13.2. The predicted molar refractivity (Wildman–Crippen MR) is 67.7 cm³/mol. The third-order valence-corrected chi connectivity index (χ3v) is 3.05. The number of terminal acetylenes is 1. The van der Waals surface area contributed by atoms with Gasteiger partial charge in [0.1, 0.15) is 6.33 Å². The summed E-state index contributed by atoms with van der Waals surface area (Å²) in [5.74, 6) is 3.24. The lowest BCUT2D eigenvalue weighted by atomic mass is 10.0. The van der Waals surface area contributed by atoms with Gasteiger partial charge in [-0.3, -0.25) is 4.79 Å². The molecule has 1 aliphatic rings. The van der Waals surface area contributed by atoms with Crippen molar-refractivity contribution < 1.29 is 4.79 Å². The van der Waals surface area contributed by atoms with Crippen molar-refractivity contribution in [1.82, 2.24) is 20.1 Å². The maximum absolute atomic E-state index is 11.7. The number of carbonyl (C=O) groups excluding carboxylic acids is 1. The zero-order valence-electron chi connectivity index (χ0n) is 10.8. The monoisotopic (exact) mass is 260 g/mol. The summed E-state index contributed by atoms with van der Waals surface area (Å²) in [4.78, 5) is 11.7. The topological polar surface area (TPSA) is 84.5 Å². The number of nitrogens with one attached hydrogen (secondary N) is 1. The molecule has 7 heteroatoms. The van der Waals surface area contributed by atoms with Crippen molar-refractivity contribution in [1.29, 1.82) is 0 Å². The van der Waals surface area contributed by atoms with Crippen LogP contribution in [0.3, 0.4) is 0 Å². The number of hydrogen-bond donors (Lipinski definition) is 1. The highest BCUT2D eigenvalue weighted by atomic mass is 16.1. The summed E-state index contributed by atoms with van der Waals surface area (Å²) in [5, 5.41) is 18.4. The molecule has 0 atom stereocenters. The van der Waals surface area contributed by atoms with E-state index >= 15 is 0 Å². The van der Waals surface area contributed by atoms with Crippen molar-refractivity contribution in [2.45, 2.75) is 37.9 Å². The first-order chi connectivity index (χ1) is 9.15. The van der Waals surface area contributed by atoms with Gasteiger partial charge in [-0.05, 0) is 0 Å². The Kier molecular flexibility index (Phi) is 3.90. The standard InChI is InChI=1S/C12H16N6O/c1-3-4-6-12(16-17-12)7-5-11(19)13-8-10-15-14-9-18(10)2/h1,9H,4-8H2,2H3,(H,13,19). The summed E-state index contributed by atoms with van der Waals surface area (Å²) in [6, 6.07) is 0. The van der Waals surface area contributed by atoms with Crippen LogP contribution in [0.15, 0.2) is 16.6 Å². The zero-order valence-corrected chi connectivity index (χ0v) is 10.8. The minimum absolute atomic E-state index is 0.0413. The molecule has 1 aromatic rings. The average Bonchev–Trinajstić information content (AvgIpc) is 3.07. The van der Waals surface area contributed by atoms with Gasteiger partial charge in [-0.15, -0.1) is 22.5 Å². The van der Waals surface area contributed by atoms with Gasteiger partial charge < -0.3 is 9.88 Å². The van der Waals surface area contributed by atoms with E-state index in [4.69, 9.17) is 6.42 Å². The molecule has 2 rings (SSSR count). The number of carbonyl (C=O) groups is 1. The highest BCUT2D eigenvalue weighted by Crippen LogP contribution is 2.37. The summed E-state index contributed by atoms with van der Waals surface area (Å²) < 4.78 is 1.76. The second-order valence-corrected chi connectivity index (χ2v) is 4.52. The van der Waals surface area contributed by atoms with E-state index in [-0.39, 0.29) is 5.91 Å². The molecular weight excluding hydrogens is 244 g/mol. The maximum atomic E-state index is 11.7. The van der Waals surface area contributed by atoms with E-state index in [1.54, 1.807) is 10.9 Å². The van der Waals surface area contributed by atoms with Crippen molar-refractivity contribution in [2.24, 2.45) is 17.3 Å². The fraction of sp³-hybridized carbons (Fsp3) is 0.583. The minimum atomic E-state index is -0.394. The molecule has 0 saturated carbocycles. The van der Waals surface area contributed by atoms with E-state index < -0.39 is 5.66 Å². The van der Waals surface area contributed by atoms with Crippen molar-refractivity contribution in [2.75, 3.05) is 0 Å². The lowest BCUT2D eigenvalue weighted by Crippen LogP contribution is -2.26. The van der Waals surface area contributed by atoms with Crippen LogP contribution >= 0.6 is 0 Å². The Hall–Kier alpha value is -2.23. The molecule has 0 fully saturated rings. The van der Waals surface area contributed by atoms with Crippen LogP contribution in [0.1, 0.15) is 31.5 Å². The van der Waals surface area contributed by atoms with Gasteiger partial charge in [-0.1, -0.05) is 0 Å². The molecule has 0 aromatic carbocycles. The molecule has 2 heterocycles. The highest BCUT2D eigenvalue weighted by Gasteiger charge is 2.39. The molecule has 19 heavy (non-hydrogen) atoms. The van der Waals surface area contributed by atoms with Gasteiger partial charge in [-0.25, -0.2) is 0 Å². The molecule has 1 amide bonds. The van der Waals surface area contributed by atoms with Crippen LogP contribution in [0.2, 0.25) is 0 Å². The third kappa shape index (κ3) is 3.61. The number of aryl methyl sites for hydroxylation is 1. The maximum Gasteiger partial charge on any atom is 0.220 e. The van der Waals surface area contributed by atoms with Gasteiger partial charge in [0.15, 0.2) is 11.5 Å². The Balaban J connectivity index is 1.68. The molecule has 7 nitrogen and oxygen atoms in total. The number of amides is 1. The molecule has 1 aromatic heterocycles. The van der Waals surface area contributed by atoms with Gasteiger partial charge in [0.05, 0.1) is 6.54 Å². The fourth-order valence-corrected chi connectivity index (χ4v) is 1.71. The predicted octanol–water partition coefficient (Wildman–Crippen LogP) is 0.787. The lowest BCUT2D eigenvalue weighted by Gasteiger charge is -2.08. The summed E-state index contributed by atoms with van der Waals surface area (Å²) in [7, 11) is 1.83. The van der Waals surface area contributed by atoms with E-state index in [0.29, 0.717) is 25.8 Å². The number of hydrogen-bond acceptors (Lipinski definition) is 5. The van der Waals surface area contributed by atoms with E-state index in [1.807, 2.05) is 7.05 Å². The molecule has 0 radical (unpaired) electrons. The van der Waals surface area contributed by atoms with E-state index in [0.717, 1.165) is 12.2 Å². The first-order valence-corrected chi connectivity index (χ1v) is 6.12. The van der Waals surface area contributed by atoms with Crippen LogP contribution < -0.4 is 5.32 Å². The molecule has 1 aliphatic heterocycles. The molecule has 0 spiro atoms. The SMILES string of the molecule is C#CCCC1(CCC(=O)NCc2nncn2C)N=N1. The van der Waals surface area contributed by atoms with Crippen LogP contribution in [0.5, 0.6) is 0 Å². The molecule has 0 saturated heterocycles. The zero-order chi connectivity index (χ0) is 13.7. The molecule has 0 unspecified atom stereocenters. The van der Waals surface area contributed by atoms with Gasteiger partial charge in [0, 0.05) is 32.7 Å². The molecular formula is C12H16N6O.